The quantitative estimate of drug-likeness (QED) is 0.772. The van der Waals surface area contributed by atoms with Gasteiger partial charge in [0, 0.05) is 13.1 Å². The molecular weight excluding hydrogens is 206 g/mol. The number of nitrogens with zero attached hydrogens (tertiary/aromatic N) is 1. The van der Waals surface area contributed by atoms with Gasteiger partial charge in [-0.15, -0.1) is 0 Å². The normalized spacial score (nSPS) is 34.3. The summed E-state index contributed by atoms with van der Waals surface area (Å²) in [4.78, 5) is 25.1. The predicted molar refractivity (Wildman–Crippen MR) is 58.8 cm³/mol. The van der Waals surface area contributed by atoms with Crippen molar-refractivity contribution in [3.05, 3.63) is 0 Å². The zero-order valence-electron chi connectivity index (χ0n) is 9.69. The van der Waals surface area contributed by atoms with Crippen LogP contribution in [0.5, 0.6) is 0 Å². The Labute approximate surface area is 95.6 Å². The van der Waals surface area contributed by atoms with E-state index in [2.05, 4.69) is 0 Å². The molecule has 1 saturated heterocycles. The molecule has 1 heterocycles. The summed E-state index contributed by atoms with van der Waals surface area (Å²) in [5.41, 5.74) is 0. The van der Waals surface area contributed by atoms with E-state index < -0.39 is 11.9 Å². The van der Waals surface area contributed by atoms with Crippen molar-refractivity contribution >= 4 is 11.9 Å². The number of carbonyl (C=O) groups excluding carboxylic acids is 1. The molecule has 1 aliphatic heterocycles. The van der Waals surface area contributed by atoms with Crippen molar-refractivity contribution in [3.8, 4) is 0 Å². The van der Waals surface area contributed by atoms with E-state index in [1.54, 1.807) is 0 Å². The summed E-state index contributed by atoms with van der Waals surface area (Å²) in [6, 6.07) is 0. The number of carbonyl (C=O) groups is 2. The van der Waals surface area contributed by atoms with E-state index in [1.807, 2.05) is 11.8 Å². The summed E-state index contributed by atoms with van der Waals surface area (Å²) in [5.74, 6) is -1.09. The maximum Gasteiger partial charge on any atom is 0.307 e. The van der Waals surface area contributed by atoms with Crippen LogP contribution in [0.1, 0.15) is 32.6 Å². The largest absolute Gasteiger partial charge is 0.481 e. The summed E-state index contributed by atoms with van der Waals surface area (Å²) in [5, 5.41) is 9.12. The zero-order valence-corrected chi connectivity index (χ0v) is 9.69. The van der Waals surface area contributed by atoms with Crippen molar-refractivity contribution in [2.75, 3.05) is 13.1 Å². The molecule has 0 aromatic rings. The predicted octanol–water partition coefficient (Wildman–Crippen LogP) is 1.36. The Hall–Kier alpha value is -1.06. The highest BCUT2D eigenvalue weighted by Crippen LogP contribution is 2.37. The van der Waals surface area contributed by atoms with Gasteiger partial charge in [0.15, 0.2) is 0 Å². The van der Waals surface area contributed by atoms with Crippen molar-refractivity contribution in [2.45, 2.75) is 32.6 Å². The lowest BCUT2D eigenvalue weighted by atomic mass is 9.95. The molecule has 1 N–H and O–H groups in total. The van der Waals surface area contributed by atoms with Crippen molar-refractivity contribution in [1.82, 2.24) is 4.90 Å². The highest BCUT2D eigenvalue weighted by molar-refractivity contribution is 5.85. The van der Waals surface area contributed by atoms with E-state index in [-0.39, 0.29) is 11.8 Å². The summed E-state index contributed by atoms with van der Waals surface area (Å²) >= 11 is 0. The van der Waals surface area contributed by atoms with Gasteiger partial charge in [-0.2, -0.15) is 0 Å². The Morgan fingerprint density at radius 2 is 1.69 bits per heavy atom. The molecule has 0 aromatic carbocycles. The molecule has 2 aliphatic rings. The number of amides is 1. The van der Waals surface area contributed by atoms with Crippen LogP contribution in [-0.4, -0.2) is 35.0 Å². The van der Waals surface area contributed by atoms with Crippen molar-refractivity contribution in [3.63, 3.8) is 0 Å². The Balaban J connectivity index is 2.06. The van der Waals surface area contributed by atoms with Gasteiger partial charge in [-0.25, -0.2) is 0 Å². The summed E-state index contributed by atoms with van der Waals surface area (Å²) in [7, 11) is 0. The van der Waals surface area contributed by atoms with E-state index in [0.29, 0.717) is 12.3 Å². The summed E-state index contributed by atoms with van der Waals surface area (Å²) < 4.78 is 0. The van der Waals surface area contributed by atoms with E-state index >= 15 is 0 Å². The molecule has 16 heavy (non-hydrogen) atoms. The molecule has 1 amide bonds. The molecular formula is C12H19NO3. The van der Waals surface area contributed by atoms with Gasteiger partial charge in [0.1, 0.15) is 0 Å². The van der Waals surface area contributed by atoms with Crippen LogP contribution in [0.3, 0.4) is 0 Å². The molecule has 0 spiro atoms. The minimum atomic E-state index is -0.804. The van der Waals surface area contributed by atoms with Crippen LogP contribution in [-0.2, 0) is 9.59 Å². The van der Waals surface area contributed by atoms with Gasteiger partial charge in [0.2, 0.25) is 5.91 Å². The Kier molecular flexibility index (Phi) is 3.17. The molecule has 1 saturated carbocycles. The summed E-state index contributed by atoms with van der Waals surface area (Å²) in [6.07, 6.45) is 3.52. The van der Waals surface area contributed by atoms with Crippen LogP contribution in [0.15, 0.2) is 0 Å². The molecule has 0 aromatic heterocycles. The second-order valence-electron chi connectivity index (χ2n) is 5.16. The molecule has 2 fully saturated rings. The molecule has 4 nitrogen and oxygen atoms in total. The van der Waals surface area contributed by atoms with Gasteiger partial charge in [-0.05, 0) is 31.6 Å². The molecule has 0 bridgehead atoms. The first-order valence-electron chi connectivity index (χ1n) is 6.11. The number of hydrogen-bond donors (Lipinski definition) is 1. The summed E-state index contributed by atoms with van der Waals surface area (Å²) in [6.45, 7) is 3.67. The number of hydrogen-bond acceptors (Lipinski definition) is 2. The fraction of sp³-hybridized carbons (Fsp3) is 0.833. The molecule has 3 atom stereocenters. The average molecular weight is 225 g/mol. The van der Waals surface area contributed by atoms with Gasteiger partial charge >= 0.3 is 5.97 Å². The molecule has 2 rings (SSSR count). The van der Waals surface area contributed by atoms with Crippen LogP contribution < -0.4 is 0 Å². The maximum absolute atomic E-state index is 12.2. The first kappa shape index (κ1) is 11.4. The third-order valence-corrected chi connectivity index (χ3v) is 3.85. The Morgan fingerprint density at radius 3 is 2.25 bits per heavy atom. The topological polar surface area (TPSA) is 57.6 Å². The molecule has 90 valence electrons. The Morgan fingerprint density at radius 1 is 1.12 bits per heavy atom. The fourth-order valence-corrected chi connectivity index (χ4v) is 3.01. The standard InChI is InChI=1S/C12H19NO3/c1-8-6-9(10(7-8)12(15)16)11(14)13-4-2-3-5-13/h8-10H,2-7H2,1H3,(H,15,16). The van der Waals surface area contributed by atoms with E-state index in [9.17, 15) is 9.59 Å². The molecule has 1 aliphatic carbocycles. The number of carboxylic acid groups (broad SMARTS) is 1. The minimum Gasteiger partial charge on any atom is -0.481 e. The third kappa shape index (κ3) is 2.06. The van der Waals surface area contributed by atoms with Gasteiger partial charge in [-0.1, -0.05) is 6.92 Å². The number of aliphatic carboxylic acids is 1. The van der Waals surface area contributed by atoms with E-state index in [4.69, 9.17) is 5.11 Å². The van der Waals surface area contributed by atoms with Gasteiger partial charge in [-0.3, -0.25) is 9.59 Å². The van der Waals surface area contributed by atoms with Gasteiger partial charge < -0.3 is 10.0 Å². The molecule has 4 heteroatoms. The SMILES string of the molecule is CC1CC(C(=O)O)C(C(=O)N2CCCC2)C1. The monoisotopic (exact) mass is 225 g/mol. The fourth-order valence-electron chi connectivity index (χ4n) is 3.01. The van der Waals surface area contributed by atoms with Gasteiger partial charge in [0.05, 0.1) is 11.8 Å². The third-order valence-electron chi connectivity index (χ3n) is 3.85. The average Bonchev–Trinajstić information content (AvgIpc) is 2.84. The molecule has 0 radical (unpaired) electrons. The van der Waals surface area contributed by atoms with Crippen LogP contribution in [0.25, 0.3) is 0 Å². The van der Waals surface area contributed by atoms with Crippen LogP contribution >= 0.6 is 0 Å². The Bertz CT molecular complexity index is 297. The van der Waals surface area contributed by atoms with Crippen LogP contribution in [0, 0.1) is 17.8 Å². The lowest BCUT2D eigenvalue weighted by Gasteiger charge is -2.22. The smallest absolute Gasteiger partial charge is 0.307 e. The lowest BCUT2D eigenvalue weighted by Crippen LogP contribution is -2.37. The minimum absolute atomic E-state index is 0.0780. The number of likely N-dealkylation sites (tertiary alicyclic amines) is 1. The van der Waals surface area contributed by atoms with E-state index in [1.165, 1.54) is 0 Å². The second-order valence-corrected chi connectivity index (χ2v) is 5.16. The maximum atomic E-state index is 12.2. The van der Waals surface area contributed by atoms with E-state index in [0.717, 1.165) is 32.4 Å². The number of carboxylic acids is 1. The van der Waals surface area contributed by atoms with Crippen molar-refractivity contribution in [2.24, 2.45) is 17.8 Å². The number of rotatable bonds is 2. The first-order valence-corrected chi connectivity index (χ1v) is 6.11. The lowest BCUT2D eigenvalue weighted by molar-refractivity contribution is -0.148. The van der Waals surface area contributed by atoms with Crippen molar-refractivity contribution in [1.29, 1.82) is 0 Å². The highest BCUT2D eigenvalue weighted by Gasteiger charge is 2.43. The van der Waals surface area contributed by atoms with Crippen LogP contribution in [0.4, 0.5) is 0 Å². The second kappa shape index (κ2) is 4.44. The van der Waals surface area contributed by atoms with Crippen molar-refractivity contribution < 1.29 is 14.7 Å². The van der Waals surface area contributed by atoms with Crippen LogP contribution in [0.2, 0.25) is 0 Å². The highest BCUT2D eigenvalue weighted by atomic mass is 16.4. The van der Waals surface area contributed by atoms with Gasteiger partial charge in [0.25, 0.3) is 0 Å². The zero-order chi connectivity index (χ0) is 11.7. The first-order chi connectivity index (χ1) is 7.59. The molecule has 3 unspecified atom stereocenters.